The van der Waals surface area contributed by atoms with Crippen LogP contribution in [0.5, 0.6) is 0 Å². The van der Waals surface area contributed by atoms with E-state index in [1.165, 1.54) is 0 Å². The molecule has 0 aliphatic rings. The summed E-state index contributed by atoms with van der Waals surface area (Å²) in [5.41, 5.74) is 0. The zero-order valence-corrected chi connectivity index (χ0v) is 14.9. The van der Waals surface area contributed by atoms with Crippen LogP contribution in [0, 0.1) is 72.5 Å². The van der Waals surface area contributed by atoms with Crippen LogP contribution in [0.3, 0.4) is 0 Å². The minimum absolute atomic E-state index is 0. The number of hydrogen-bond donors (Lipinski definition) is 0. The average molecular weight is 547 g/mol. The van der Waals surface area contributed by atoms with Crippen LogP contribution in [0.4, 0.5) is 0 Å². The van der Waals surface area contributed by atoms with E-state index in [2.05, 4.69) is 0 Å². The van der Waals surface area contributed by atoms with E-state index in [-0.39, 0.29) is 74.6 Å². The quantitative estimate of drug-likeness (QED) is 0.273. The van der Waals surface area contributed by atoms with E-state index >= 15 is 0 Å². The van der Waals surface area contributed by atoms with Gasteiger partial charge >= 0.3 is 41.7 Å². The van der Waals surface area contributed by atoms with Gasteiger partial charge in [0.25, 0.3) is 0 Å². The Hall–Kier alpha value is 1.53. The summed E-state index contributed by atoms with van der Waals surface area (Å²) in [6, 6.07) is 0. The normalized spacial score (nSPS) is 8.18. The van der Waals surface area contributed by atoms with Crippen molar-refractivity contribution < 1.29 is 161 Å². The first kappa shape index (κ1) is 65.2. The standard InChI is InChI=1S/Ce.3ClHO4.6H2O/c;3*2-1(3,4)5;;;;;;/h;3*(H,2,3,4,5);6*1H2/q+3;;;;;;;;;/p-3. The molecule has 22 heteroatoms. The molecule has 0 saturated heterocycles. The van der Waals surface area contributed by atoms with Crippen molar-refractivity contribution in [2.24, 2.45) is 0 Å². The van der Waals surface area contributed by atoms with Crippen LogP contribution >= 0.6 is 0 Å². The molecule has 145 valence electrons. The second-order valence-corrected chi connectivity index (χ2v) is 3.40. The summed E-state index contributed by atoms with van der Waals surface area (Å²) in [5, 5.41) is 0. The summed E-state index contributed by atoms with van der Waals surface area (Å²) in [6.45, 7) is 0. The van der Waals surface area contributed by atoms with Crippen molar-refractivity contribution in [3.05, 3.63) is 0 Å². The number of rotatable bonds is 0. The van der Waals surface area contributed by atoms with Gasteiger partial charge in [0, 0.05) is 0 Å². The third-order valence-corrected chi connectivity index (χ3v) is 0. The van der Waals surface area contributed by atoms with Crippen molar-refractivity contribution in [2.45, 2.75) is 0 Å². The van der Waals surface area contributed by atoms with Gasteiger partial charge in [0.1, 0.15) is 0 Å². The van der Waals surface area contributed by atoms with Crippen LogP contribution in [0.1, 0.15) is 0 Å². The SMILES string of the molecule is O.O.O.O.O.O.[Ce+3].[O-][Cl+3]([O-])([O-])[O-].[O-][Cl+3]([O-])([O-])[O-].[O-][Cl+3]([O-])([O-])[O-]. The molecule has 22 heavy (non-hydrogen) atoms. The summed E-state index contributed by atoms with van der Waals surface area (Å²) < 4.78 is 102. The van der Waals surface area contributed by atoms with Crippen LogP contribution in [-0.4, -0.2) is 32.9 Å². The molecule has 0 aromatic carbocycles. The molecule has 0 fully saturated rings. The monoisotopic (exact) mass is 545 g/mol. The first-order chi connectivity index (χ1) is 6.00. The van der Waals surface area contributed by atoms with Crippen molar-refractivity contribution >= 4 is 0 Å². The Morgan fingerprint density at radius 3 is 0.273 bits per heavy atom. The van der Waals surface area contributed by atoms with Crippen molar-refractivity contribution in [3.63, 3.8) is 0 Å². The summed E-state index contributed by atoms with van der Waals surface area (Å²) in [5.74, 6) is 0. The number of halogens is 3. The summed E-state index contributed by atoms with van der Waals surface area (Å²) in [4.78, 5) is 0. The second-order valence-electron chi connectivity index (χ2n) is 1.13. The maximum Gasteiger partial charge on any atom is 3.00 e. The molecule has 0 bridgehead atoms. The molecule has 0 saturated carbocycles. The molecule has 0 spiro atoms. The van der Waals surface area contributed by atoms with E-state index in [1.54, 1.807) is 0 Å². The minimum Gasteiger partial charge on any atom is -0.412 e. The predicted molar refractivity (Wildman–Crippen MR) is 21.7 cm³/mol. The van der Waals surface area contributed by atoms with Crippen molar-refractivity contribution in [1.82, 2.24) is 0 Å². The van der Waals surface area contributed by atoms with Gasteiger partial charge in [-0.3, -0.25) is 0 Å². The van der Waals surface area contributed by atoms with Gasteiger partial charge in [0.15, 0.2) is 0 Å². The van der Waals surface area contributed by atoms with Gasteiger partial charge in [-0.25, -0.2) is 55.9 Å². The molecular formula is H12CeCl3O18. The van der Waals surface area contributed by atoms with E-state index in [4.69, 9.17) is 55.9 Å². The summed E-state index contributed by atoms with van der Waals surface area (Å²) >= 11 is 0. The van der Waals surface area contributed by atoms with Crippen molar-refractivity contribution in [3.8, 4) is 0 Å². The van der Waals surface area contributed by atoms with E-state index in [9.17, 15) is 0 Å². The topological polar surface area (TPSA) is 466 Å². The van der Waals surface area contributed by atoms with Crippen LogP contribution in [0.2, 0.25) is 0 Å². The van der Waals surface area contributed by atoms with E-state index in [1.807, 2.05) is 0 Å². The van der Waals surface area contributed by atoms with Gasteiger partial charge in [0.05, 0.1) is 0 Å². The van der Waals surface area contributed by atoms with Crippen molar-refractivity contribution in [1.29, 1.82) is 0 Å². The molecule has 18 nitrogen and oxygen atoms in total. The van der Waals surface area contributed by atoms with Gasteiger partial charge in [-0.05, 0) is 0 Å². The zero-order valence-electron chi connectivity index (χ0n) is 9.53. The molecule has 1 radical (unpaired) electrons. The molecule has 12 N–H and O–H groups in total. The maximum absolute atomic E-state index is 8.49. The van der Waals surface area contributed by atoms with E-state index < -0.39 is 30.7 Å². The van der Waals surface area contributed by atoms with Gasteiger partial charge in [0.2, 0.25) is 0 Å². The number of hydrogen-bond acceptors (Lipinski definition) is 12. The Kier molecular flexibility index (Phi) is 81.2. The molecule has 0 aliphatic heterocycles. The fraction of sp³-hybridized carbons (Fsp3) is 0. The average Bonchev–Trinajstić information content (AvgIpc) is 1.41. The Morgan fingerprint density at radius 2 is 0.273 bits per heavy atom. The van der Waals surface area contributed by atoms with Gasteiger partial charge < -0.3 is 32.9 Å². The van der Waals surface area contributed by atoms with Gasteiger partial charge in [-0.1, -0.05) is 0 Å². The molecule has 0 atom stereocenters. The summed E-state index contributed by atoms with van der Waals surface area (Å²) in [7, 11) is -14.8. The van der Waals surface area contributed by atoms with Crippen molar-refractivity contribution in [2.75, 3.05) is 0 Å². The van der Waals surface area contributed by atoms with Crippen LogP contribution in [-0.2, 0) is 0 Å². The molecule has 0 rings (SSSR count). The van der Waals surface area contributed by atoms with Gasteiger partial charge in [-0.2, -0.15) is 0 Å². The second kappa shape index (κ2) is 27.4. The maximum atomic E-state index is 8.49. The smallest absolute Gasteiger partial charge is 0.412 e. The van der Waals surface area contributed by atoms with Gasteiger partial charge in [-0.15, -0.1) is 30.7 Å². The first-order valence-corrected chi connectivity index (χ1v) is 5.55. The van der Waals surface area contributed by atoms with Crippen LogP contribution in [0.15, 0.2) is 0 Å². The molecular weight excluding hydrogens is 534 g/mol. The predicted octanol–water partition coefficient (Wildman–Crippen LogP) is -19.2. The van der Waals surface area contributed by atoms with E-state index in [0.717, 1.165) is 0 Å². The largest absolute Gasteiger partial charge is 3.00 e. The minimum atomic E-state index is -4.94. The molecule has 0 unspecified atom stereocenters. The van der Waals surface area contributed by atoms with Crippen LogP contribution in [0.25, 0.3) is 0 Å². The van der Waals surface area contributed by atoms with E-state index in [0.29, 0.717) is 0 Å². The van der Waals surface area contributed by atoms with Crippen LogP contribution < -0.4 is 55.9 Å². The Labute approximate surface area is 160 Å². The summed E-state index contributed by atoms with van der Waals surface area (Å²) in [6.07, 6.45) is 0. The third kappa shape index (κ3) is 3890. The third-order valence-electron chi connectivity index (χ3n) is 0. The molecule has 0 aliphatic carbocycles. The zero-order chi connectivity index (χ0) is 13.5. The molecule has 0 aromatic rings. The molecule has 0 heterocycles. The Morgan fingerprint density at radius 1 is 0.273 bits per heavy atom. The fourth-order valence-electron chi connectivity index (χ4n) is 0. The Balaban J connectivity index is -0.0000000106. The first-order valence-electron chi connectivity index (χ1n) is 1.85. The molecule has 0 aromatic heterocycles. The molecule has 0 amide bonds. The Bertz CT molecular complexity index is 93.4. The fourth-order valence-corrected chi connectivity index (χ4v) is 0.